The van der Waals surface area contributed by atoms with E-state index in [1.807, 2.05) is 0 Å². The molecule has 1 saturated heterocycles. The Morgan fingerprint density at radius 2 is 1.81 bits per heavy atom. The van der Waals surface area contributed by atoms with Crippen molar-refractivity contribution < 1.29 is 5.11 Å². The number of piperidine rings is 1. The quantitative estimate of drug-likeness (QED) is 0.758. The molecular formula is C18H34N2O. The molecule has 3 heteroatoms. The van der Waals surface area contributed by atoms with Gasteiger partial charge in [-0.25, -0.2) is 0 Å². The summed E-state index contributed by atoms with van der Waals surface area (Å²) >= 11 is 0. The van der Waals surface area contributed by atoms with Crippen LogP contribution in [0.4, 0.5) is 0 Å². The second-order valence-corrected chi connectivity index (χ2v) is 8.00. The molecule has 0 aromatic carbocycles. The van der Waals surface area contributed by atoms with E-state index in [4.69, 9.17) is 0 Å². The van der Waals surface area contributed by atoms with Crippen LogP contribution in [0.15, 0.2) is 0 Å². The molecule has 0 radical (unpaired) electrons. The fourth-order valence-corrected chi connectivity index (χ4v) is 4.78. The van der Waals surface area contributed by atoms with Crippen molar-refractivity contribution >= 4 is 0 Å². The molecule has 0 aromatic rings. The SMILES string of the molecule is CCCNC(CO)(CN1CCC2(CCCC2)CC1)C1CC1. The lowest BCUT2D eigenvalue weighted by atomic mass is 9.76. The Morgan fingerprint density at radius 1 is 1.14 bits per heavy atom. The van der Waals surface area contributed by atoms with Crippen molar-refractivity contribution in [2.45, 2.75) is 70.3 Å². The van der Waals surface area contributed by atoms with E-state index in [-0.39, 0.29) is 5.54 Å². The maximum absolute atomic E-state index is 10.1. The molecule has 1 unspecified atom stereocenters. The molecule has 3 rings (SSSR count). The largest absolute Gasteiger partial charge is 0.394 e. The topological polar surface area (TPSA) is 35.5 Å². The molecule has 3 fully saturated rings. The minimum atomic E-state index is -0.0177. The van der Waals surface area contributed by atoms with Gasteiger partial charge >= 0.3 is 0 Å². The Balaban J connectivity index is 1.56. The van der Waals surface area contributed by atoms with Gasteiger partial charge in [0.15, 0.2) is 0 Å². The number of nitrogens with zero attached hydrogens (tertiary/aromatic N) is 1. The third-order valence-corrected chi connectivity index (χ3v) is 6.45. The van der Waals surface area contributed by atoms with E-state index in [9.17, 15) is 5.11 Å². The number of nitrogens with one attached hydrogen (secondary N) is 1. The van der Waals surface area contributed by atoms with Crippen LogP contribution in [0.1, 0.15) is 64.7 Å². The van der Waals surface area contributed by atoms with Crippen LogP contribution in [-0.4, -0.2) is 48.3 Å². The average Bonchev–Trinajstić information content (AvgIpc) is 3.28. The predicted molar refractivity (Wildman–Crippen MR) is 87.4 cm³/mol. The van der Waals surface area contributed by atoms with Crippen LogP contribution in [-0.2, 0) is 0 Å². The Hall–Kier alpha value is -0.120. The predicted octanol–water partition coefficient (Wildman–Crippen LogP) is 2.78. The summed E-state index contributed by atoms with van der Waals surface area (Å²) in [6.07, 6.45) is 12.4. The van der Waals surface area contributed by atoms with Crippen LogP contribution in [0.2, 0.25) is 0 Å². The van der Waals surface area contributed by atoms with Gasteiger partial charge < -0.3 is 15.3 Å². The first-order chi connectivity index (χ1) is 10.2. The first kappa shape index (κ1) is 15.8. The summed E-state index contributed by atoms with van der Waals surface area (Å²) in [7, 11) is 0. The van der Waals surface area contributed by atoms with Gasteiger partial charge in [-0.15, -0.1) is 0 Å². The molecule has 1 aliphatic heterocycles. The summed E-state index contributed by atoms with van der Waals surface area (Å²) < 4.78 is 0. The molecular weight excluding hydrogens is 260 g/mol. The highest BCUT2D eigenvalue weighted by Gasteiger charge is 2.46. The number of hydrogen-bond acceptors (Lipinski definition) is 3. The fourth-order valence-electron chi connectivity index (χ4n) is 4.78. The zero-order chi connectivity index (χ0) is 14.8. The summed E-state index contributed by atoms with van der Waals surface area (Å²) in [4.78, 5) is 2.64. The third kappa shape index (κ3) is 3.46. The van der Waals surface area contributed by atoms with Gasteiger partial charge in [-0.05, 0) is 75.9 Å². The van der Waals surface area contributed by atoms with Crippen LogP contribution in [0, 0.1) is 11.3 Å². The van der Waals surface area contributed by atoms with Gasteiger partial charge in [0, 0.05) is 6.54 Å². The maximum Gasteiger partial charge on any atom is 0.0628 e. The molecule has 3 nitrogen and oxygen atoms in total. The van der Waals surface area contributed by atoms with Crippen molar-refractivity contribution in [2.75, 3.05) is 32.8 Å². The molecule has 0 amide bonds. The van der Waals surface area contributed by atoms with Gasteiger partial charge in [-0.2, -0.15) is 0 Å². The van der Waals surface area contributed by atoms with Gasteiger partial charge in [-0.3, -0.25) is 0 Å². The summed E-state index contributed by atoms with van der Waals surface area (Å²) in [6, 6.07) is 0. The van der Waals surface area contributed by atoms with Gasteiger partial charge in [0.1, 0.15) is 0 Å². The maximum atomic E-state index is 10.1. The number of hydrogen-bond donors (Lipinski definition) is 2. The number of aliphatic hydroxyl groups is 1. The van der Waals surface area contributed by atoms with E-state index >= 15 is 0 Å². The van der Waals surface area contributed by atoms with Crippen LogP contribution in [0.5, 0.6) is 0 Å². The first-order valence-corrected chi connectivity index (χ1v) is 9.30. The molecule has 0 bridgehead atoms. The van der Waals surface area contributed by atoms with Gasteiger partial charge in [0.05, 0.1) is 12.1 Å². The molecule has 3 aliphatic rings. The Morgan fingerprint density at radius 3 is 2.33 bits per heavy atom. The van der Waals surface area contributed by atoms with E-state index in [2.05, 4.69) is 17.1 Å². The number of aliphatic hydroxyl groups excluding tert-OH is 1. The number of likely N-dealkylation sites (tertiary alicyclic amines) is 1. The molecule has 2 saturated carbocycles. The molecule has 21 heavy (non-hydrogen) atoms. The lowest BCUT2D eigenvalue weighted by Gasteiger charge is -2.44. The average molecular weight is 294 g/mol. The molecule has 2 aliphatic carbocycles. The first-order valence-electron chi connectivity index (χ1n) is 9.30. The van der Waals surface area contributed by atoms with Crippen LogP contribution in [0.25, 0.3) is 0 Å². The molecule has 2 N–H and O–H groups in total. The minimum absolute atomic E-state index is 0.0177. The van der Waals surface area contributed by atoms with Crippen LogP contribution >= 0.6 is 0 Å². The smallest absolute Gasteiger partial charge is 0.0628 e. The Bertz CT molecular complexity index is 326. The Kier molecular flexibility index (Phi) is 4.92. The second-order valence-electron chi connectivity index (χ2n) is 8.00. The highest BCUT2D eigenvalue weighted by atomic mass is 16.3. The van der Waals surface area contributed by atoms with Gasteiger partial charge in [-0.1, -0.05) is 19.8 Å². The van der Waals surface area contributed by atoms with Crippen LogP contribution < -0.4 is 5.32 Å². The highest BCUT2D eigenvalue weighted by Crippen LogP contribution is 2.47. The summed E-state index contributed by atoms with van der Waals surface area (Å²) in [6.45, 7) is 7.12. The monoisotopic (exact) mass is 294 g/mol. The molecule has 1 atom stereocenters. The third-order valence-electron chi connectivity index (χ3n) is 6.45. The van der Waals surface area contributed by atoms with E-state index in [0.717, 1.165) is 19.5 Å². The lowest BCUT2D eigenvalue weighted by molar-refractivity contribution is 0.0494. The van der Waals surface area contributed by atoms with E-state index in [1.165, 1.54) is 64.5 Å². The van der Waals surface area contributed by atoms with Gasteiger partial charge in [0.2, 0.25) is 0 Å². The highest BCUT2D eigenvalue weighted by molar-refractivity contribution is 5.03. The minimum Gasteiger partial charge on any atom is -0.394 e. The summed E-state index contributed by atoms with van der Waals surface area (Å²) in [5.41, 5.74) is 0.686. The summed E-state index contributed by atoms with van der Waals surface area (Å²) in [5.74, 6) is 0.705. The lowest BCUT2D eigenvalue weighted by Crippen LogP contribution is -2.59. The molecule has 122 valence electrons. The van der Waals surface area contributed by atoms with Crippen molar-refractivity contribution in [3.05, 3.63) is 0 Å². The van der Waals surface area contributed by atoms with Crippen molar-refractivity contribution in [1.82, 2.24) is 10.2 Å². The second kappa shape index (κ2) is 6.55. The van der Waals surface area contributed by atoms with E-state index < -0.39 is 0 Å². The van der Waals surface area contributed by atoms with E-state index in [1.54, 1.807) is 0 Å². The van der Waals surface area contributed by atoms with E-state index in [0.29, 0.717) is 17.9 Å². The van der Waals surface area contributed by atoms with Crippen molar-refractivity contribution in [1.29, 1.82) is 0 Å². The molecule has 1 spiro atoms. The fraction of sp³-hybridized carbons (Fsp3) is 1.00. The zero-order valence-electron chi connectivity index (χ0n) is 13.9. The standard InChI is InChI=1S/C18H34N2O/c1-2-11-19-18(15-21,16-5-6-16)14-20-12-9-17(10-13-20)7-3-4-8-17/h16,19,21H,2-15H2,1H3. The summed E-state index contributed by atoms with van der Waals surface area (Å²) in [5, 5.41) is 13.8. The number of rotatable bonds is 7. The molecule has 0 aromatic heterocycles. The van der Waals surface area contributed by atoms with Gasteiger partial charge in [0.25, 0.3) is 0 Å². The van der Waals surface area contributed by atoms with Crippen molar-refractivity contribution in [3.63, 3.8) is 0 Å². The van der Waals surface area contributed by atoms with Crippen molar-refractivity contribution in [3.8, 4) is 0 Å². The van der Waals surface area contributed by atoms with Crippen LogP contribution in [0.3, 0.4) is 0 Å². The molecule has 1 heterocycles. The Labute approximate surface area is 130 Å². The van der Waals surface area contributed by atoms with Crippen molar-refractivity contribution in [2.24, 2.45) is 11.3 Å². The zero-order valence-corrected chi connectivity index (χ0v) is 13.9. The normalized spacial score (nSPS) is 28.9.